The summed E-state index contributed by atoms with van der Waals surface area (Å²) in [6.07, 6.45) is 1.45. The molecule has 3 nitrogen and oxygen atoms in total. The zero-order valence-corrected chi connectivity index (χ0v) is 11.2. The minimum absolute atomic E-state index is 0.121. The van der Waals surface area contributed by atoms with Crippen molar-refractivity contribution in [1.82, 2.24) is 4.98 Å². The highest BCUT2D eigenvalue weighted by molar-refractivity contribution is 7.17. The number of halogens is 2. The fraction of sp³-hybridized carbons (Fsp3) is 0.231. The van der Waals surface area contributed by atoms with Gasteiger partial charge in [0.25, 0.3) is 0 Å². The van der Waals surface area contributed by atoms with Crippen molar-refractivity contribution in [3.05, 3.63) is 40.4 Å². The van der Waals surface area contributed by atoms with E-state index in [1.807, 2.05) is 6.92 Å². The van der Waals surface area contributed by atoms with Gasteiger partial charge in [-0.25, -0.2) is 13.8 Å². The van der Waals surface area contributed by atoms with Crippen LogP contribution >= 0.6 is 11.3 Å². The minimum atomic E-state index is -0.660. The van der Waals surface area contributed by atoms with Crippen LogP contribution in [0.15, 0.2) is 18.2 Å². The number of thiazole rings is 1. The van der Waals surface area contributed by atoms with E-state index in [2.05, 4.69) is 4.98 Å². The third-order valence-electron chi connectivity index (χ3n) is 2.61. The minimum Gasteiger partial charge on any atom is -0.383 e. The molecule has 0 aliphatic rings. The molecule has 19 heavy (non-hydrogen) atoms. The number of aromatic nitrogens is 1. The number of nitrogens with zero attached hydrogens (tertiary/aromatic N) is 1. The van der Waals surface area contributed by atoms with E-state index in [4.69, 9.17) is 11.1 Å². The summed E-state index contributed by atoms with van der Waals surface area (Å²) < 4.78 is 27.4. The van der Waals surface area contributed by atoms with Crippen LogP contribution in [0.1, 0.15) is 23.9 Å². The summed E-state index contributed by atoms with van der Waals surface area (Å²) in [7, 11) is 0. The smallest absolute Gasteiger partial charge is 0.136 e. The van der Waals surface area contributed by atoms with Gasteiger partial charge in [0, 0.05) is 0 Å². The molecule has 100 valence electrons. The molecule has 2 rings (SSSR count). The summed E-state index contributed by atoms with van der Waals surface area (Å²) in [5.74, 6) is -1.44. The molecule has 0 aliphatic carbocycles. The van der Waals surface area contributed by atoms with Gasteiger partial charge in [-0.1, -0.05) is 19.4 Å². The number of aryl methyl sites for hydroxylation is 1. The first-order valence-corrected chi connectivity index (χ1v) is 6.64. The monoisotopic (exact) mass is 281 g/mol. The van der Waals surface area contributed by atoms with E-state index < -0.39 is 11.6 Å². The van der Waals surface area contributed by atoms with Crippen LogP contribution in [0.3, 0.4) is 0 Å². The van der Waals surface area contributed by atoms with Gasteiger partial charge in [0.2, 0.25) is 0 Å². The summed E-state index contributed by atoms with van der Waals surface area (Å²) in [4.78, 5) is 4.72. The van der Waals surface area contributed by atoms with Gasteiger partial charge in [-0.2, -0.15) is 0 Å². The van der Waals surface area contributed by atoms with Crippen molar-refractivity contribution in [2.45, 2.75) is 19.8 Å². The number of amidine groups is 1. The molecule has 1 aromatic carbocycles. The van der Waals surface area contributed by atoms with Gasteiger partial charge in [0.1, 0.15) is 22.5 Å². The van der Waals surface area contributed by atoms with Crippen LogP contribution in [0.5, 0.6) is 0 Å². The molecular weight excluding hydrogens is 268 g/mol. The highest BCUT2D eigenvalue weighted by Crippen LogP contribution is 2.32. The molecule has 0 aliphatic heterocycles. The Balaban J connectivity index is 2.57. The number of benzene rings is 1. The van der Waals surface area contributed by atoms with E-state index in [-0.39, 0.29) is 16.4 Å². The largest absolute Gasteiger partial charge is 0.383 e. The van der Waals surface area contributed by atoms with Crippen molar-refractivity contribution in [2.75, 3.05) is 0 Å². The first-order valence-electron chi connectivity index (χ1n) is 5.83. The Morgan fingerprint density at radius 2 is 2.00 bits per heavy atom. The summed E-state index contributed by atoms with van der Waals surface area (Å²) in [6, 6.07) is 3.68. The van der Waals surface area contributed by atoms with Crippen molar-refractivity contribution in [3.8, 4) is 10.6 Å². The molecule has 0 spiro atoms. The van der Waals surface area contributed by atoms with Crippen LogP contribution in [-0.4, -0.2) is 10.8 Å². The van der Waals surface area contributed by atoms with E-state index >= 15 is 0 Å². The second-order valence-electron chi connectivity index (χ2n) is 4.06. The van der Waals surface area contributed by atoms with Gasteiger partial charge in [-0.15, -0.1) is 11.3 Å². The van der Waals surface area contributed by atoms with E-state index in [0.717, 1.165) is 17.8 Å². The highest BCUT2D eigenvalue weighted by Gasteiger charge is 2.19. The predicted molar refractivity (Wildman–Crippen MR) is 72.5 cm³/mol. The molecular formula is C13H13F2N3S. The average Bonchev–Trinajstić information content (AvgIpc) is 2.73. The van der Waals surface area contributed by atoms with Crippen LogP contribution < -0.4 is 5.73 Å². The van der Waals surface area contributed by atoms with Gasteiger partial charge >= 0.3 is 0 Å². The lowest BCUT2D eigenvalue weighted by atomic mass is 10.2. The number of nitrogens with two attached hydrogens (primary N) is 1. The molecule has 0 fully saturated rings. The molecule has 0 saturated heterocycles. The quantitative estimate of drug-likeness (QED) is 0.667. The van der Waals surface area contributed by atoms with Crippen molar-refractivity contribution in [2.24, 2.45) is 5.73 Å². The summed E-state index contributed by atoms with van der Waals surface area (Å²) in [5.41, 5.74) is 5.95. The fourth-order valence-corrected chi connectivity index (χ4v) is 2.80. The second kappa shape index (κ2) is 5.44. The predicted octanol–water partition coefficient (Wildman–Crippen LogP) is 3.32. The Hall–Kier alpha value is -1.82. The molecule has 0 saturated carbocycles. The normalized spacial score (nSPS) is 10.7. The molecule has 1 aromatic heterocycles. The Bertz CT molecular complexity index is 602. The molecule has 0 unspecified atom stereocenters. The van der Waals surface area contributed by atoms with Crippen LogP contribution in [0, 0.1) is 17.0 Å². The molecule has 0 atom stereocenters. The van der Waals surface area contributed by atoms with Crippen molar-refractivity contribution < 1.29 is 8.78 Å². The topological polar surface area (TPSA) is 62.8 Å². The maximum Gasteiger partial charge on any atom is 0.136 e. The number of hydrogen-bond acceptors (Lipinski definition) is 3. The summed E-state index contributed by atoms with van der Waals surface area (Å²) in [5, 5.41) is 7.72. The molecule has 6 heteroatoms. The molecule has 2 aromatic rings. The summed E-state index contributed by atoms with van der Waals surface area (Å²) in [6.45, 7) is 1.96. The summed E-state index contributed by atoms with van der Waals surface area (Å²) >= 11 is 1.05. The molecule has 3 N–H and O–H groups in total. The SMILES string of the molecule is CCCc1nc(-c2c(F)cccc2F)sc1C(=N)N. The number of hydrogen-bond donors (Lipinski definition) is 2. The highest BCUT2D eigenvalue weighted by atomic mass is 32.1. The lowest BCUT2D eigenvalue weighted by Gasteiger charge is -1.99. The third kappa shape index (κ3) is 2.63. The van der Waals surface area contributed by atoms with Gasteiger partial charge in [0.05, 0.1) is 16.1 Å². The average molecular weight is 281 g/mol. The lowest BCUT2D eigenvalue weighted by Crippen LogP contribution is -2.11. The Kier molecular flexibility index (Phi) is 3.90. The van der Waals surface area contributed by atoms with E-state index in [1.165, 1.54) is 18.2 Å². The molecule has 0 radical (unpaired) electrons. The zero-order chi connectivity index (χ0) is 14.0. The molecule has 1 heterocycles. The number of rotatable bonds is 4. The molecule has 0 bridgehead atoms. The maximum absolute atomic E-state index is 13.7. The van der Waals surface area contributed by atoms with Crippen LogP contribution in [-0.2, 0) is 6.42 Å². The van der Waals surface area contributed by atoms with Gasteiger partial charge < -0.3 is 5.73 Å². The number of nitrogen functional groups attached to an aromatic ring is 1. The van der Waals surface area contributed by atoms with E-state index in [9.17, 15) is 8.78 Å². The van der Waals surface area contributed by atoms with Crippen LogP contribution in [0.2, 0.25) is 0 Å². The standard InChI is InChI=1S/C13H13F2N3S/c1-2-4-9-11(12(16)17)19-13(18-9)10-7(14)5-3-6-8(10)15/h3,5-6H,2,4H2,1H3,(H3,16,17). The lowest BCUT2D eigenvalue weighted by molar-refractivity contribution is 0.589. The van der Waals surface area contributed by atoms with Crippen molar-refractivity contribution in [3.63, 3.8) is 0 Å². The van der Waals surface area contributed by atoms with Crippen molar-refractivity contribution >= 4 is 17.2 Å². The third-order valence-corrected chi connectivity index (χ3v) is 3.75. The van der Waals surface area contributed by atoms with Gasteiger partial charge in [0.15, 0.2) is 0 Å². The zero-order valence-electron chi connectivity index (χ0n) is 10.3. The fourth-order valence-electron chi connectivity index (χ4n) is 1.78. The Morgan fingerprint density at radius 1 is 1.37 bits per heavy atom. The van der Waals surface area contributed by atoms with Crippen molar-refractivity contribution in [1.29, 1.82) is 5.41 Å². The van der Waals surface area contributed by atoms with Crippen LogP contribution in [0.4, 0.5) is 8.78 Å². The first-order chi connectivity index (χ1) is 9.04. The molecule has 0 amide bonds. The Labute approximate surface area is 113 Å². The number of nitrogens with one attached hydrogen (secondary N) is 1. The van der Waals surface area contributed by atoms with E-state index in [1.54, 1.807) is 0 Å². The first kappa shape index (κ1) is 13.6. The van der Waals surface area contributed by atoms with Crippen LogP contribution in [0.25, 0.3) is 10.6 Å². The van der Waals surface area contributed by atoms with Gasteiger partial charge in [-0.05, 0) is 18.6 Å². The van der Waals surface area contributed by atoms with E-state index in [0.29, 0.717) is 17.0 Å². The maximum atomic E-state index is 13.7. The Morgan fingerprint density at radius 3 is 2.53 bits per heavy atom. The van der Waals surface area contributed by atoms with Gasteiger partial charge in [-0.3, -0.25) is 5.41 Å². The second-order valence-corrected chi connectivity index (χ2v) is 5.05.